The summed E-state index contributed by atoms with van der Waals surface area (Å²) in [5.74, 6) is 0.476. The Bertz CT molecular complexity index is 615. The largest absolute Gasteiger partial charge is 0.350 e. The minimum Gasteiger partial charge on any atom is -0.350 e. The molecule has 0 aliphatic heterocycles. The molecule has 1 amide bonds. The van der Waals surface area contributed by atoms with Crippen LogP contribution >= 0.6 is 0 Å². The number of nitrogens with zero attached hydrogens (tertiary/aromatic N) is 4. The Morgan fingerprint density at radius 2 is 1.91 bits per heavy atom. The number of pyridine rings is 1. The first-order valence-electron chi connectivity index (χ1n) is 7.83. The van der Waals surface area contributed by atoms with Gasteiger partial charge in [0.1, 0.15) is 0 Å². The maximum Gasteiger partial charge on any atom is 0.254 e. The van der Waals surface area contributed by atoms with Crippen LogP contribution in [0.1, 0.15) is 36.2 Å². The van der Waals surface area contributed by atoms with Crippen LogP contribution in [0, 0.1) is 0 Å². The lowest BCUT2D eigenvalue weighted by Crippen LogP contribution is -2.32. The predicted molar refractivity (Wildman–Crippen MR) is 90.5 cm³/mol. The summed E-state index contributed by atoms with van der Waals surface area (Å²) in [6.45, 7) is 4.80. The van der Waals surface area contributed by atoms with Crippen molar-refractivity contribution >= 4 is 11.9 Å². The highest BCUT2D eigenvalue weighted by Gasteiger charge is 2.11. The number of amides is 1. The lowest BCUT2D eigenvalue weighted by atomic mass is 10.2. The molecule has 6 heteroatoms. The van der Waals surface area contributed by atoms with Crippen LogP contribution in [0.15, 0.2) is 36.9 Å². The van der Waals surface area contributed by atoms with E-state index < -0.39 is 0 Å². The molecule has 2 heterocycles. The van der Waals surface area contributed by atoms with Gasteiger partial charge in [0.15, 0.2) is 0 Å². The first kappa shape index (κ1) is 16.9. The van der Waals surface area contributed by atoms with E-state index in [1.807, 2.05) is 37.9 Å². The molecule has 2 aromatic heterocycles. The highest BCUT2D eigenvalue weighted by atomic mass is 16.1. The number of anilines is 1. The van der Waals surface area contributed by atoms with Gasteiger partial charge >= 0.3 is 0 Å². The van der Waals surface area contributed by atoms with E-state index in [1.165, 1.54) is 5.56 Å². The summed E-state index contributed by atoms with van der Waals surface area (Å²) in [4.78, 5) is 26.5. The fourth-order valence-electron chi connectivity index (χ4n) is 1.99. The summed E-state index contributed by atoms with van der Waals surface area (Å²) in [6, 6.07) is 4.14. The van der Waals surface area contributed by atoms with Crippen LogP contribution in [0.3, 0.4) is 0 Å². The maximum absolute atomic E-state index is 12.0. The molecule has 0 saturated heterocycles. The Morgan fingerprint density at radius 3 is 2.52 bits per heavy atom. The molecule has 0 aliphatic rings. The third-order valence-corrected chi connectivity index (χ3v) is 3.72. The van der Waals surface area contributed by atoms with Crippen molar-refractivity contribution in [1.82, 2.24) is 20.3 Å². The van der Waals surface area contributed by atoms with Crippen molar-refractivity contribution in [3.05, 3.63) is 48.0 Å². The van der Waals surface area contributed by atoms with E-state index in [0.717, 1.165) is 19.4 Å². The molecular formula is C17H23N5O. The standard InChI is InChI=1S/C17H23N5O/c1-4-13(2)21-16(23)15-11-19-17(20-12-15)22(3)10-7-14-5-8-18-9-6-14/h5-6,8-9,11-13H,4,7,10H2,1-3H3,(H,21,23). The van der Waals surface area contributed by atoms with Crippen LogP contribution in [0.4, 0.5) is 5.95 Å². The second-order valence-corrected chi connectivity index (χ2v) is 5.58. The monoisotopic (exact) mass is 313 g/mol. The van der Waals surface area contributed by atoms with Crippen LogP contribution in [-0.4, -0.2) is 40.5 Å². The minimum atomic E-state index is -0.134. The molecule has 1 unspecified atom stereocenters. The second kappa shape index (κ2) is 8.22. The fraction of sp³-hybridized carbons (Fsp3) is 0.412. The van der Waals surface area contributed by atoms with E-state index >= 15 is 0 Å². The molecule has 0 bridgehead atoms. The van der Waals surface area contributed by atoms with Crippen molar-refractivity contribution in [2.75, 3.05) is 18.5 Å². The van der Waals surface area contributed by atoms with Gasteiger partial charge in [-0.2, -0.15) is 0 Å². The molecule has 0 aromatic carbocycles. The Labute approximate surface area is 137 Å². The Balaban J connectivity index is 1.92. The van der Waals surface area contributed by atoms with Crippen LogP contribution in [0.2, 0.25) is 0 Å². The van der Waals surface area contributed by atoms with Gasteiger partial charge in [-0.25, -0.2) is 9.97 Å². The number of carbonyl (C=O) groups excluding carboxylic acids is 1. The molecule has 2 aromatic rings. The van der Waals surface area contributed by atoms with Gasteiger partial charge in [-0.05, 0) is 37.5 Å². The van der Waals surface area contributed by atoms with E-state index in [-0.39, 0.29) is 11.9 Å². The first-order valence-corrected chi connectivity index (χ1v) is 7.83. The Morgan fingerprint density at radius 1 is 1.26 bits per heavy atom. The van der Waals surface area contributed by atoms with E-state index in [9.17, 15) is 4.79 Å². The van der Waals surface area contributed by atoms with Crippen LogP contribution in [0.5, 0.6) is 0 Å². The molecule has 2 rings (SSSR count). The summed E-state index contributed by atoms with van der Waals surface area (Å²) in [6.07, 6.45) is 8.50. The first-order chi connectivity index (χ1) is 11.1. The third-order valence-electron chi connectivity index (χ3n) is 3.72. The predicted octanol–water partition coefficient (Wildman–Crippen LogP) is 2.08. The normalized spacial score (nSPS) is 11.8. The highest BCUT2D eigenvalue weighted by Crippen LogP contribution is 2.07. The van der Waals surface area contributed by atoms with E-state index in [1.54, 1.807) is 24.8 Å². The van der Waals surface area contributed by atoms with Crippen molar-refractivity contribution in [3.63, 3.8) is 0 Å². The molecule has 1 N–H and O–H groups in total. The Hall–Kier alpha value is -2.50. The molecular weight excluding hydrogens is 290 g/mol. The molecule has 122 valence electrons. The topological polar surface area (TPSA) is 71.0 Å². The molecule has 0 fully saturated rings. The molecule has 0 aliphatic carbocycles. The highest BCUT2D eigenvalue weighted by molar-refractivity contribution is 5.93. The van der Waals surface area contributed by atoms with E-state index in [2.05, 4.69) is 20.3 Å². The molecule has 0 radical (unpaired) electrons. The molecule has 23 heavy (non-hydrogen) atoms. The number of nitrogens with one attached hydrogen (secondary N) is 1. The van der Waals surface area contributed by atoms with Gasteiger partial charge in [-0.3, -0.25) is 9.78 Å². The van der Waals surface area contributed by atoms with Gasteiger partial charge in [0.2, 0.25) is 5.95 Å². The van der Waals surface area contributed by atoms with Crippen LogP contribution in [0.25, 0.3) is 0 Å². The number of likely N-dealkylation sites (N-methyl/N-ethyl adjacent to an activating group) is 1. The molecule has 6 nitrogen and oxygen atoms in total. The van der Waals surface area contributed by atoms with Gasteiger partial charge < -0.3 is 10.2 Å². The van der Waals surface area contributed by atoms with Crippen molar-refractivity contribution in [1.29, 1.82) is 0 Å². The Kier molecular flexibility index (Phi) is 6.02. The molecule has 0 spiro atoms. The van der Waals surface area contributed by atoms with Crippen molar-refractivity contribution < 1.29 is 4.79 Å². The number of hydrogen-bond donors (Lipinski definition) is 1. The van der Waals surface area contributed by atoms with E-state index in [0.29, 0.717) is 11.5 Å². The van der Waals surface area contributed by atoms with Gasteiger partial charge in [0.05, 0.1) is 5.56 Å². The zero-order chi connectivity index (χ0) is 16.7. The van der Waals surface area contributed by atoms with Gasteiger partial charge in [0.25, 0.3) is 5.91 Å². The second-order valence-electron chi connectivity index (χ2n) is 5.58. The zero-order valence-electron chi connectivity index (χ0n) is 13.9. The number of hydrogen-bond acceptors (Lipinski definition) is 5. The van der Waals surface area contributed by atoms with Crippen molar-refractivity contribution in [2.24, 2.45) is 0 Å². The average Bonchev–Trinajstić information content (AvgIpc) is 2.60. The summed E-state index contributed by atoms with van der Waals surface area (Å²) in [5.41, 5.74) is 1.70. The summed E-state index contributed by atoms with van der Waals surface area (Å²) in [5, 5.41) is 2.90. The smallest absolute Gasteiger partial charge is 0.254 e. The molecule has 1 atom stereocenters. The van der Waals surface area contributed by atoms with Crippen molar-refractivity contribution in [2.45, 2.75) is 32.7 Å². The lowest BCUT2D eigenvalue weighted by molar-refractivity contribution is 0.0938. The maximum atomic E-state index is 12.0. The number of rotatable bonds is 7. The van der Waals surface area contributed by atoms with Crippen LogP contribution in [-0.2, 0) is 6.42 Å². The number of carbonyl (C=O) groups is 1. The van der Waals surface area contributed by atoms with E-state index in [4.69, 9.17) is 0 Å². The summed E-state index contributed by atoms with van der Waals surface area (Å²) < 4.78 is 0. The minimum absolute atomic E-state index is 0.134. The molecule has 0 saturated carbocycles. The van der Waals surface area contributed by atoms with Crippen LogP contribution < -0.4 is 10.2 Å². The third kappa shape index (κ3) is 5.02. The van der Waals surface area contributed by atoms with Crippen molar-refractivity contribution in [3.8, 4) is 0 Å². The van der Waals surface area contributed by atoms with Gasteiger partial charge in [-0.1, -0.05) is 6.92 Å². The van der Waals surface area contributed by atoms with Gasteiger partial charge in [-0.15, -0.1) is 0 Å². The SMILES string of the molecule is CCC(C)NC(=O)c1cnc(N(C)CCc2ccncc2)nc1. The zero-order valence-corrected chi connectivity index (χ0v) is 13.9. The fourth-order valence-corrected chi connectivity index (χ4v) is 1.99. The van der Waals surface area contributed by atoms with Gasteiger partial charge in [0, 0.05) is 44.4 Å². The average molecular weight is 313 g/mol. The quantitative estimate of drug-likeness (QED) is 0.847. The summed E-state index contributed by atoms with van der Waals surface area (Å²) >= 11 is 0. The summed E-state index contributed by atoms with van der Waals surface area (Å²) in [7, 11) is 1.94. The lowest BCUT2D eigenvalue weighted by Gasteiger charge is -2.17. The number of aromatic nitrogens is 3.